The molecule has 0 radical (unpaired) electrons. The third kappa shape index (κ3) is 3.87. The summed E-state index contributed by atoms with van der Waals surface area (Å²) in [4.78, 5) is 14.0. The van der Waals surface area contributed by atoms with Gasteiger partial charge >= 0.3 is 6.18 Å². The second-order valence-electron chi connectivity index (χ2n) is 6.10. The van der Waals surface area contributed by atoms with Gasteiger partial charge in [-0.25, -0.2) is 0 Å². The molecular formula is C14H23F3N2O. The number of nitrogens with one attached hydrogen (secondary N) is 1. The maximum absolute atomic E-state index is 12.6. The molecule has 0 bridgehead atoms. The Labute approximate surface area is 117 Å². The van der Waals surface area contributed by atoms with E-state index in [9.17, 15) is 18.0 Å². The molecule has 1 unspecified atom stereocenters. The SMILES string of the molecule is CN(CC1CCCN1)C(=O)C1CCC(C(F)(F)F)CC1. The molecule has 3 nitrogen and oxygen atoms in total. The molecule has 1 aliphatic carbocycles. The molecule has 2 aliphatic rings. The van der Waals surface area contributed by atoms with Gasteiger partial charge in [-0.2, -0.15) is 13.2 Å². The highest BCUT2D eigenvalue weighted by atomic mass is 19.4. The van der Waals surface area contributed by atoms with Crippen LogP contribution in [0.5, 0.6) is 0 Å². The van der Waals surface area contributed by atoms with Gasteiger partial charge in [0.15, 0.2) is 0 Å². The fourth-order valence-electron chi connectivity index (χ4n) is 3.31. The van der Waals surface area contributed by atoms with Crippen LogP contribution in [0.3, 0.4) is 0 Å². The van der Waals surface area contributed by atoms with E-state index < -0.39 is 12.1 Å². The Balaban J connectivity index is 1.78. The zero-order chi connectivity index (χ0) is 14.8. The van der Waals surface area contributed by atoms with E-state index >= 15 is 0 Å². The second kappa shape index (κ2) is 6.33. The molecular weight excluding hydrogens is 269 g/mol. The third-order valence-electron chi connectivity index (χ3n) is 4.57. The fourth-order valence-corrected chi connectivity index (χ4v) is 3.31. The zero-order valence-electron chi connectivity index (χ0n) is 11.9. The summed E-state index contributed by atoms with van der Waals surface area (Å²) in [6, 6.07) is 0.343. The first-order valence-electron chi connectivity index (χ1n) is 7.43. The van der Waals surface area contributed by atoms with Gasteiger partial charge in [0, 0.05) is 25.6 Å². The van der Waals surface area contributed by atoms with E-state index in [1.54, 1.807) is 11.9 Å². The van der Waals surface area contributed by atoms with E-state index in [0.717, 1.165) is 19.4 Å². The largest absolute Gasteiger partial charge is 0.391 e. The Kier molecular flexibility index (Phi) is 4.94. The first kappa shape index (κ1) is 15.6. The van der Waals surface area contributed by atoms with Crippen molar-refractivity contribution in [3.05, 3.63) is 0 Å². The Hall–Kier alpha value is -0.780. The molecule has 1 N–H and O–H groups in total. The molecule has 0 aromatic heterocycles. The first-order valence-corrected chi connectivity index (χ1v) is 7.43. The number of nitrogens with zero attached hydrogens (tertiary/aromatic N) is 1. The molecule has 0 aromatic carbocycles. The lowest BCUT2D eigenvalue weighted by Crippen LogP contribution is -2.42. The molecule has 1 heterocycles. The predicted octanol–water partition coefficient (Wildman–Crippen LogP) is 2.57. The molecule has 116 valence electrons. The van der Waals surface area contributed by atoms with Crippen molar-refractivity contribution in [3.8, 4) is 0 Å². The molecule has 6 heteroatoms. The van der Waals surface area contributed by atoms with Crippen molar-refractivity contribution in [3.63, 3.8) is 0 Å². The number of alkyl halides is 3. The van der Waals surface area contributed by atoms with E-state index in [2.05, 4.69) is 5.32 Å². The minimum Gasteiger partial charge on any atom is -0.344 e. The standard InChI is InChI=1S/C14H23F3N2O/c1-19(9-12-3-2-8-18-12)13(20)10-4-6-11(7-5-10)14(15,16)17/h10-12,18H,2-9H2,1H3. The molecule has 20 heavy (non-hydrogen) atoms. The van der Waals surface area contributed by atoms with Gasteiger partial charge in [0.25, 0.3) is 0 Å². The minimum atomic E-state index is -4.10. The Morgan fingerprint density at radius 3 is 2.35 bits per heavy atom. The molecule has 0 aromatic rings. The summed E-state index contributed by atoms with van der Waals surface area (Å²) in [5.41, 5.74) is 0. The number of hydrogen-bond donors (Lipinski definition) is 1. The van der Waals surface area contributed by atoms with Crippen molar-refractivity contribution in [2.75, 3.05) is 20.1 Å². The van der Waals surface area contributed by atoms with Crippen molar-refractivity contribution < 1.29 is 18.0 Å². The predicted molar refractivity (Wildman–Crippen MR) is 70.2 cm³/mol. The van der Waals surface area contributed by atoms with Gasteiger partial charge in [-0.1, -0.05) is 0 Å². The maximum Gasteiger partial charge on any atom is 0.391 e. The lowest BCUT2D eigenvalue weighted by Gasteiger charge is -2.32. The molecule has 1 amide bonds. The van der Waals surface area contributed by atoms with Crippen LogP contribution >= 0.6 is 0 Å². The topological polar surface area (TPSA) is 32.3 Å². The minimum absolute atomic E-state index is 0.0133. The van der Waals surface area contributed by atoms with Crippen LogP contribution in [0.15, 0.2) is 0 Å². The summed E-state index contributed by atoms with van der Waals surface area (Å²) in [5, 5.41) is 3.33. The molecule has 2 fully saturated rings. The number of hydrogen-bond acceptors (Lipinski definition) is 2. The van der Waals surface area contributed by atoms with Crippen molar-refractivity contribution in [1.29, 1.82) is 0 Å². The van der Waals surface area contributed by atoms with Crippen molar-refractivity contribution in [2.45, 2.75) is 50.7 Å². The second-order valence-corrected chi connectivity index (χ2v) is 6.10. The van der Waals surface area contributed by atoms with E-state index in [-0.39, 0.29) is 24.7 Å². The van der Waals surface area contributed by atoms with Crippen LogP contribution in [0.4, 0.5) is 13.2 Å². The molecule has 2 rings (SSSR count). The Morgan fingerprint density at radius 1 is 1.20 bits per heavy atom. The number of rotatable bonds is 3. The summed E-state index contributed by atoms with van der Waals surface area (Å²) in [5.74, 6) is -1.42. The number of likely N-dealkylation sites (N-methyl/N-ethyl adjacent to an activating group) is 1. The van der Waals surface area contributed by atoms with Crippen molar-refractivity contribution in [2.24, 2.45) is 11.8 Å². The van der Waals surface area contributed by atoms with E-state index in [1.807, 2.05) is 0 Å². The van der Waals surface area contributed by atoms with Gasteiger partial charge in [-0.3, -0.25) is 4.79 Å². The quantitative estimate of drug-likeness (QED) is 0.867. The van der Waals surface area contributed by atoms with Crippen molar-refractivity contribution >= 4 is 5.91 Å². The number of carbonyl (C=O) groups is 1. The third-order valence-corrected chi connectivity index (χ3v) is 4.57. The molecule has 1 aliphatic heterocycles. The zero-order valence-corrected chi connectivity index (χ0v) is 11.9. The Bertz CT molecular complexity index is 332. The monoisotopic (exact) mass is 292 g/mol. The average Bonchev–Trinajstić information content (AvgIpc) is 2.90. The summed E-state index contributed by atoms with van der Waals surface area (Å²) in [7, 11) is 1.76. The highest BCUT2D eigenvalue weighted by Crippen LogP contribution is 2.39. The molecule has 1 atom stereocenters. The highest BCUT2D eigenvalue weighted by molar-refractivity contribution is 5.78. The highest BCUT2D eigenvalue weighted by Gasteiger charge is 2.42. The van der Waals surface area contributed by atoms with Crippen LogP contribution in [-0.4, -0.2) is 43.2 Å². The molecule has 0 spiro atoms. The lowest BCUT2D eigenvalue weighted by molar-refractivity contribution is -0.185. The van der Waals surface area contributed by atoms with Crippen LogP contribution in [0.1, 0.15) is 38.5 Å². The number of halogens is 3. The van der Waals surface area contributed by atoms with E-state index in [1.165, 1.54) is 0 Å². The fraction of sp³-hybridized carbons (Fsp3) is 0.929. The number of amides is 1. The summed E-state index contributed by atoms with van der Waals surface area (Å²) >= 11 is 0. The number of carbonyl (C=O) groups excluding carboxylic acids is 1. The average molecular weight is 292 g/mol. The van der Waals surface area contributed by atoms with Crippen LogP contribution in [-0.2, 0) is 4.79 Å². The summed E-state index contributed by atoms with van der Waals surface area (Å²) in [6.45, 7) is 1.65. The van der Waals surface area contributed by atoms with Gasteiger partial charge in [-0.05, 0) is 45.1 Å². The van der Waals surface area contributed by atoms with E-state index in [0.29, 0.717) is 25.4 Å². The van der Waals surface area contributed by atoms with Crippen LogP contribution in [0, 0.1) is 11.8 Å². The van der Waals surface area contributed by atoms with Crippen LogP contribution in [0.2, 0.25) is 0 Å². The summed E-state index contributed by atoms with van der Waals surface area (Å²) in [6.07, 6.45) is -0.989. The van der Waals surface area contributed by atoms with Gasteiger partial charge in [0.05, 0.1) is 5.92 Å². The van der Waals surface area contributed by atoms with Crippen LogP contribution in [0.25, 0.3) is 0 Å². The normalized spacial score (nSPS) is 31.3. The maximum atomic E-state index is 12.6. The molecule has 1 saturated carbocycles. The smallest absolute Gasteiger partial charge is 0.344 e. The summed E-state index contributed by atoms with van der Waals surface area (Å²) < 4.78 is 37.8. The van der Waals surface area contributed by atoms with Crippen LogP contribution < -0.4 is 5.32 Å². The lowest BCUT2D eigenvalue weighted by atomic mass is 9.81. The molecule has 1 saturated heterocycles. The first-order chi connectivity index (χ1) is 9.38. The van der Waals surface area contributed by atoms with Gasteiger partial charge in [0.1, 0.15) is 0 Å². The van der Waals surface area contributed by atoms with Gasteiger partial charge in [0.2, 0.25) is 5.91 Å². The Morgan fingerprint density at radius 2 is 1.85 bits per heavy atom. The van der Waals surface area contributed by atoms with E-state index in [4.69, 9.17) is 0 Å². The van der Waals surface area contributed by atoms with Gasteiger partial charge < -0.3 is 10.2 Å². The van der Waals surface area contributed by atoms with Crippen molar-refractivity contribution in [1.82, 2.24) is 10.2 Å². The van der Waals surface area contributed by atoms with Gasteiger partial charge in [-0.15, -0.1) is 0 Å².